The van der Waals surface area contributed by atoms with Crippen molar-refractivity contribution in [2.45, 2.75) is 64.5 Å². The number of morpholine rings is 1. The van der Waals surface area contributed by atoms with Gasteiger partial charge in [-0.15, -0.1) is 0 Å². The van der Waals surface area contributed by atoms with Gasteiger partial charge in [0.2, 0.25) is 5.28 Å². The minimum atomic E-state index is -0.405. The lowest BCUT2D eigenvalue weighted by atomic mass is 9.80. The van der Waals surface area contributed by atoms with Gasteiger partial charge in [0.1, 0.15) is 5.60 Å². The van der Waals surface area contributed by atoms with Gasteiger partial charge in [0.25, 0.3) is 0 Å². The minimum Gasteiger partial charge on any atom is -0.460 e. The van der Waals surface area contributed by atoms with E-state index in [4.69, 9.17) is 21.1 Å². The van der Waals surface area contributed by atoms with Crippen molar-refractivity contribution in [3.8, 4) is 0 Å². The van der Waals surface area contributed by atoms with E-state index < -0.39 is 5.60 Å². The van der Waals surface area contributed by atoms with Crippen LogP contribution in [0.15, 0.2) is 6.20 Å². The predicted octanol–water partition coefficient (Wildman–Crippen LogP) is 3.69. The Hall–Kier alpha value is -1.60. The number of anilines is 2. The van der Waals surface area contributed by atoms with Crippen LogP contribution in [0.3, 0.4) is 0 Å². The van der Waals surface area contributed by atoms with Crippen LogP contribution in [0.4, 0.5) is 11.5 Å². The first-order chi connectivity index (χ1) is 14.3. The first-order valence-corrected chi connectivity index (χ1v) is 11.5. The van der Waals surface area contributed by atoms with E-state index in [0.717, 1.165) is 70.0 Å². The van der Waals surface area contributed by atoms with E-state index in [1.165, 1.54) is 0 Å². The number of hydrogen-bond acceptors (Lipinski definition) is 7. The summed E-state index contributed by atoms with van der Waals surface area (Å²) in [6, 6.07) is 0.306. The number of ether oxygens (including phenoxy) is 2. The molecule has 0 amide bonds. The summed E-state index contributed by atoms with van der Waals surface area (Å²) in [5.41, 5.74) is 0.672. The fourth-order valence-corrected chi connectivity index (χ4v) is 5.07. The molecule has 3 aliphatic rings. The van der Waals surface area contributed by atoms with Crippen molar-refractivity contribution >= 4 is 29.1 Å². The summed E-state index contributed by atoms with van der Waals surface area (Å²) < 4.78 is 11.2. The Kier molecular flexibility index (Phi) is 6.39. The van der Waals surface area contributed by atoms with Gasteiger partial charge in [0.15, 0.2) is 5.82 Å². The molecule has 2 fully saturated rings. The van der Waals surface area contributed by atoms with E-state index >= 15 is 0 Å². The minimum absolute atomic E-state index is 0.0673. The molecule has 0 radical (unpaired) electrons. The van der Waals surface area contributed by atoms with E-state index in [9.17, 15) is 4.79 Å². The van der Waals surface area contributed by atoms with E-state index in [1.54, 1.807) is 0 Å². The number of halogens is 1. The smallest absolute Gasteiger partial charge is 0.306 e. The van der Waals surface area contributed by atoms with Crippen LogP contribution in [0.2, 0.25) is 5.28 Å². The molecule has 1 aromatic heterocycles. The van der Waals surface area contributed by atoms with Crippen molar-refractivity contribution in [3.05, 3.63) is 11.5 Å². The third-order valence-electron chi connectivity index (χ3n) is 6.31. The summed E-state index contributed by atoms with van der Waals surface area (Å²) in [5, 5.41) is 0.295. The number of esters is 1. The van der Waals surface area contributed by atoms with Crippen molar-refractivity contribution in [2.24, 2.45) is 11.8 Å². The molecule has 0 bridgehead atoms. The summed E-state index contributed by atoms with van der Waals surface area (Å²) >= 11 is 6.11. The van der Waals surface area contributed by atoms with Gasteiger partial charge in [0, 0.05) is 26.1 Å². The Bertz CT molecular complexity index is 761. The van der Waals surface area contributed by atoms with Gasteiger partial charge in [-0.1, -0.05) is 0 Å². The lowest BCUT2D eigenvalue weighted by molar-refractivity contribution is -0.156. The number of aromatic nitrogens is 2. The molecular weight excluding hydrogens is 404 g/mol. The SMILES string of the molecule is CC(C)(C)OC(=O)CC1CCC(CN2CC3COCCN3c3nc(Cl)ncc32)CC1. The van der Waals surface area contributed by atoms with Crippen LogP contribution in [-0.2, 0) is 14.3 Å². The highest BCUT2D eigenvalue weighted by molar-refractivity contribution is 6.28. The molecule has 7 nitrogen and oxygen atoms in total. The zero-order valence-corrected chi connectivity index (χ0v) is 19.0. The number of rotatable bonds is 4. The number of carbonyl (C=O) groups excluding carboxylic acids is 1. The van der Waals surface area contributed by atoms with Crippen molar-refractivity contribution < 1.29 is 14.3 Å². The molecule has 1 saturated carbocycles. The van der Waals surface area contributed by atoms with Crippen LogP contribution < -0.4 is 9.80 Å². The Labute approximate surface area is 184 Å². The second kappa shape index (κ2) is 8.87. The van der Waals surface area contributed by atoms with E-state index in [2.05, 4.69) is 19.8 Å². The maximum absolute atomic E-state index is 12.2. The highest BCUT2D eigenvalue weighted by Crippen LogP contribution is 2.38. The summed E-state index contributed by atoms with van der Waals surface area (Å²) in [7, 11) is 0. The molecule has 0 aromatic carbocycles. The topological polar surface area (TPSA) is 67.8 Å². The van der Waals surface area contributed by atoms with Gasteiger partial charge in [0.05, 0.1) is 31.1 Å². The average molecular weight is 437 g/mol. The van der Waals surface area contributed by atoms with Crippen molar-refractivity contribution in [2.75, 3.05) is 42.6 Å². The second-order valence-corrected chi connectivity index (χ2v) is 10.2. The fourth-order valence-electron chi connectivity index (χ4n) is 4.94. The van der Waals surface area contributed by atoms with Crippen molar-refractivity contribution in [1.82, 2.24) is 9.97 Å². The molecule has 4 rings (SSSR count). The number of hydrogen-bond donors (Lipinski definition) is 0. The molecule has 1 unspecified atom stereocenters. The third-order valence-corrected chi connectivity index (χ3v) is 6.49. The van der Waals surface area contributed by atoms with Crippen LogP contribution in [0.5, 0.6) is 0 Å². The van der Waals surface area contributed by atoms with Crippen molar-refractivity contribution in [1.29, 1.82) is 0 Å². The molecular formula is C22H33ClN4O3. The first kappa shape index (κ1) is 21.6. The number of nitrogens with zero attached hydrogens (tertiary/aromatic N) is 4. The summed E-state index contributed by atoms with van der Waals surface area (Å²) in [5.74, 6) is 1.92. The van der Waals surface area contributed by atoms with E-state index in [1.807, 2.05) is 27.0 Å². The molecule has 0 spiro atoms. The van der Waals surface area contributed by atoms with Crippen LogP contribution in [0.1, 0.15) is 52.9 Å². The van der Waals surface area contributed by atoms with Gasteiger partial charge in [-0.2, -0.15) is 4.98 Å². The van der Waals surface area contributed by atoms with Crippen LogP contribution in [0, 0.1) is 11.8 Å². The zero-order chi connectivity index (χ0) is 21.3. The second-order valence-electron chi connectivity index (χ2n) is 9.85. The largest absolute Gasteiger partial charge is 0.460 e. The monoisotopic (exact) mass is 436 g/mol. The van der Waals surface area contributed by atoms with Gasteiger partial charge >= 0.3 is 5.97 Å². The molecule has 3 heterocycles. The highest BCUT2D eigenvalue weighted by Gasteiger charge is 2.36. The Morgan fingerprint density at radius 3 is 2.73 bits per heavy atom. The van der Waals surface area contributed by atoms with E-state index in [-0.39, 0.29) is 5.97 Å². The quantitative estimate of drug-likeness (QED) is 0.526. The predicted molar refractivity (Wildman–Crippen MR) is 117 cm³/mol. The lowest BCUT2D eigenvalue weighted by Crippen LogP contribution is -2.56. The van der Waals surface area contributed by atoms with Gasteiger partial charge in [-0.05, 0) is 69.9 Å². The van der Waals surface area contributed by atoms with E-state index in [0.29, 0.717) is 29.6 Å². The molecule has 0 N–H and O–H groups in total. The average Bonchev–Trinajstić information content (AvgIpc) is 2.68. The summed E-state index contributed by atoms with van der Waals surface area (Å²) in [4.78, 5) is 25.7. The summed E-state index contributed by atoms with van der Waals surface area (Å²) in [6.45, 7) is 9.97. The number of fused-ring (bicyclic) bond motifs is 3. The first-order valence-electron chi connectivity index (χ1n) is 11.1. The summed E-state index contributed by atoms with van der Waals surface area (Å²) in [6.07, 6.45) is 6.85. The standard InChI is InChI=1S/C22H33ClN4O3/c1-22(2,3)30-19(28)10-15-4-6-16(7-5-15)12-26-13-17-14-29-9-8-27(17)20-18(26)11-24-21(23)25-20/h11,15-17H,4-10,12-14H2,1-3H3. The third kappa shape index (κ3) is 5.17. The molecule has 1 saturated heterocycles. The zero-order valence-electron chi connectivity index (χ0n) is 18.3. The Balaban J connectivity index is 1.35. The molecule has 8 heteroatoms. The Morgan fingerprint density at radius 2 is 2.00 bits per heavy atom. The maximum atomic E-state index is 12.2. The van der Waals surface area contributed by atoms with Gasteiger partial charge < -0.3 is 19.3 Å². The van der Waals surface area contributed by atoms with Crippen LogP contribution in [-0.4, -0.2) is 60.4 Å². The van der Waals surface area contributed by atoms with Crippen LogP contribution in [0.25, 0.3) is 0 Å². The van der Waals surface area contributed by atoms with Gasteiger partial charge in [-0.25, -0.2) is 4.98 Å². The molecule has 1 aliphatic carbocycles. The molecule has 30 heavy (non-hydrogen) atoms. The molecule has 2 aliphatic heterocycles. The normalized spacial score (nSPS) is 26.7. The molecule has 166 valence electrons. The molecule has 1 atom stereocenters. The van der Waals surface area contributed by atoms with Crippen LogP contribution >= 0.6 is 11.6 Å². The van der Waals surface area contributed by atoms with Gasteiger partial charge in [-0.3, -0.25) is 4.79 Å². The highest BCUT2D eigenvalue weighted by atomic mass is 35.5. The maximum Gasteiger partial charge on any atom is 0.306 e. The molecule has 1 aromatic rings. The number of carbonyl (C=O) groups is 1. The fraction of sp³-hybridized carbons (Fsp3) is 0.773. The Morgan fingerprint density at radius 1 is 1.27 bits per heavy atom. The van der Waals surface area contributed by atoms with Crippen molar-refractivity contribution in [3.63, 3.8) is 0 Å². The lowest BCUT2D eigenvalue weighted by Gasteiger charge is -2.46.